The summed E-state index contributed by atoms with van der Waals surface area (Å²) in [5, 5.41) is 9.81. The SMILES string of the molecule is C.Cc1csc(Nc2ncc(CCC3CCNCC3)cc2Sc2ccccc2)n1. The van der Waals surface area contributed by atoms with Gasteiger partial charge in [0.15, 0.2) is 5.13 Å². The molecule has 3 heterocycles. The zero-order chi connectivity index (χ0) is 19.2. The van der Waals surface area contributed by atoms with Crippen molar-refractivity contribution in [1.29, 1.82) is 0 Å². The van der Waals surface area contributed by atoms with Gasteiger partial charge >= 0.3 is 0 Å². The lowest BCUT2D eigenvalue weighted by Gasteiger charge is -2.22. The summed E-state index contributed by atoms with van der Waals surface area (Å²) in [4.78, 5) is 11.7. The van der Waals surface area contributed by atoms with Crippen LogP contribution in [0.4, 0.5) is 10.9 Å². The number of pyridine rings is 1. The summed E-state index contributed by atoms with van der Waals surface area (Å²) in [5.41, 5.74) is 2.35. The highest BCUT2D eigenvalue weighted by Crippen LogP contribution is 2.35. The van der Waals surface area contributed by atoms with Crippen LogP contribution in [0.2, 0.25) is 0 Å². The Bertz CT molecular complexity index is 889. The molecule has 4 nitrogen and oxygen atoms in total. The molecule has 0 atom stereocenters. The third-order valence-electron chi connectivity index (χ3n) is 5.02. The molecular formula is C23H30N4S2. The first kappa shape index (κ1) is 21.8. The number of aryl methyl sites for hydroxylation is 2. The van der Waals surface area contributed by atoms with Gasteiger partial charge in [0.25, 0.3) is 0 Å². The number of nitrogens with one attached hydrogen (secondary N) is 2. The lowest BCUT2D eigenvalue weighted by Crippen LogP contribution is -2.27. The third kappa shape index (κ3) is 6.29. The van der Waals surface area contributed by atoms with E-state index in [1.54, 1.807) is 23.1 Å². The van der Waals surface area contributed by atoms with E-state index >= 15 is 0 Å². The number of rotatable bonds is 7. The van der Waals surface area contributed by atoms with Gasteiger partial charge in [0, 0.05) is 16.5 Å². The Kier molecular flexibility index (Phi) is 8.09. The fraction of sp³-hybridized carbons (Fsp3) is 0.391. The Morgan fingerprint density at radius 2 is 2.00 bits per heavy atom. The van der Waals surface area contributed by atoms with Crippen molar-refractivity contribution >= 4 is 34.0 Å². The lowest BCUT2D eigenvalue weighted by molar-refractivity contribution is 0.354. The molecule has 1 saturated heterocycles. The molecule has 3 aromatic rings. The number of hydrogen-bond acceptors (Lipinski definition) is 6. The van der Waals surface area contributed by atoms with Crippen molar-refractivity contribution in [3.63, 3.8) is 0 Å². The van der Waals surface area contributed by atoms with Crippen molar-refractivity contribution in [1.82, 2.24) is 15.3 Å². The molecule has 2 N–H and O–H groups in total. The molecule has 1 aliphatic rings. The summed E-state index contributed by atoms with van der Waals surface area (Å²) in [6.45, 7) is 4.33. The predicted octanol–water partition coefficient (Wildman–Crippen LogP) is 6.31. The largest absolute Gasteiger partial charge is 0.317 e. The standard InChI is InChI=1S/C22H26N4S2.CH4/c1-16-15-27-22(25-16)26-21-20(28-19-5-3-2-4-6-19)13-18(14-24-21)8-7-17-9-11-23-12-10-17;/h2-6,13-15,17,23H,7-12H2,1H3,(H,24,25,26);1H4. The van der Waals surface area contributed by atoms with Crippen LogP contribution in [-0.2, 0) is 6.42 Å². The fourth-order valence-corrected chi connectivity index (χ4v) is 5.11. The van der Waals surface area contributed by atoms with Gasteiger partial charge in [0.1, 0.15) is 5.82 Å². The van der Waals surface area contributed by atoms with Gasteiger partial charge in [-0.2, -0.15) is 0 Å². The van der Waals surface area contributed by atoms with E-state index in [4.69, 9.17) is 4.98 Å². The highest BCUT2D eigenvalue weighted by atomic mass is 32.2. The lowest BCUT2D eigenvalue weighted by atomic mass is 9.92. The first-order valence-corrected chi connectivity index (χ1v) is 11.6. The minimum Gasteiger partial charge on any atom is -0.317 e. The Morgan fingerprint density at radius 3 is 2.72 bits per heavy atom. The number of hydrogen-bond donors (Lipinski definition) is 2. The maximum atomic E-state index is 4.77. The summed E-state index contributed by atoms with van der Waals surface area (Å²) < 4.78 is 0. The molecule has 154 valence electrons. The van der Waals surface area contributed by atoms with E-state index in [0.29, 0.717) is 0 Å². The molecule has 0 saturated carbocycles. The molecule has 1 fully saturated rings. The van der Waals surface area contributed by atoms with Crippen molar-refractivity contribution in [2.45, 2.75) is 49.8 Å². The molecule has 2 aromatic heterocycles. The zero-order valence-electron chi connectivity index (χ0n) is 16.1. The molecule has 1 aliphatic heterocycles. The van der Waals surface area contributed by atoms with E-state index < -0.39 is 0 Å². The van der Waals surface area contributed by atoms with Crippen LogP contribution in [0.3, 0.4) is 0 Å². The van der Waals surface area contributed by atoms with Crippen LogP contribution < -0.4 is 10.6 Å². The monoisotopic (exact) mass is 426 g/mol. The Hall–Kier alpha value is -1.89. The summed E-state index contributed by atoms with van der Waals surface area (Å²) in [7, 11) is 0. The van der Waals surface area contributed by atoms with E-state index in [0.717, 1.165) is 47.0 Å². The van der Waals surface area contributed by atoms with Crippen LogP contribution in [0.25, 0.3) is 0 Å². The Morgan fingerprint density at radius 1 is 1.21 bits per heavy atom. The Labute approximate surface area is 182 Å². The van der Waals surface area contributed by atoms with Gasteiger partial charge < -0.3 is 10.6 Å². The molecule has 0 radical (unpaired) electrons. The molecule has 0 amide bonds. The second-order valence-corrected chi connectivity index (χ2v) is 9.23. The van der Waals surface area contributed by atoms with Crippen molar-refractivity contribution in [3.8, 4) is 0 Å². The van der Waals surface area contributed by atoms with Crippen molar-refractivity contribution in [2.24, 2.45) is 5.92 Å². The van der Waals surface area contributed by atoms with Crippen molar-refractivity contribution in [3.05, 3.63) is 59.2 Å². The topological polar surface area (TPSA) is 49.8 Å². The van der Waals surface area contributed by atoms with Crippen molar-refractivity contribution in [2.75, 3.05) is 18.4 Å². The number of benzene rings is 1. The quantitative estimate of drug-likeness (QED) is 0.464. The molecule has 29 heavy (non-hydrogen) atoms. The zero-order valence-corrected chi connectivity index (χ0v) is 17.8. The summed E-state index contributed by atoms with van der Waals surface area (Å²) >= 11 is 3.37. The van der Waals surface area contributed by atoms with Gasteiger partial charge in [-0.1, -0.05) is 37.4 Å². The van der Waals surface area contributed by atoms with Gasteiger partial charge in [-0.15, -0.1) is 11.3 Å². The Balaban J connectivity index is 0.00000240. The van der Waals surface area contributed by atoms with Crippen LogP contribution in [0.1, 0.15) is 37.9 Å². The first-order valence-electron chi connectivity index (χ1n) is 9.88. The van der Waals surface area contributed by atoms with Crippen molar-refractivity contribution < 1.29 is 0 Å². The minimum absolute atomic E-state index is 0. The summed E-state index contributed by atoms with van der Waals surface area (Å²) in [6, 6.07) is 12.8. The molecule has 0 unspecified atom stereocenters. The highest BCUT2D eigenvalue weighted by molar-refractivity contribution is 7.99. The number of aromatic nitrogens is 2. The molecule has 0 spiro atoms. The normalized spacial score (nSPS) is 14.4. The number of piperidine rings is 1. The van der Waals surface area contributed by atoms with E-state index in [2.05, 4.69) is 57.4 Å². The van der Waals surface area contributed by atoms with Gasteiger partial charge in [-0.3, -0.25) is 0 Å². The average Bonchev–Trinajstić information content (AvgIpc) is 3.14. The molecule has 6 heteroatoms. The van der Waals surface area contributed by atoms with Crippen LogP contribution >= 0.6 is 23.1 Å². The maximum absolute atomic E-state index is 4.77. The number of nitrogens with zero attached hydrogens (tertiary/aromatic N) is 2. The van der Waals surface area contributed by atoms with E-state index in [-0.39, 0.29) is 7.43 Å². The second-order valence-electron chi connectivity index (χ2n) is 7.26. The van der Waals surface area contributed by atoms with Gasteiger partial charge in [-0.05, 0) is 75.4 Å². The fourth-order valence-electron chi connectivity index (χ4n) is 3.46. The molecular weight excluding hydrogens is 396 g/mol. The number of thiazole rings is 1. The van der Waals surface area contributed by atoms with Crippen LogP contribution in [-0.4, -0.2) is 23.1 Å². The minimum atomic E-state index is 0. The summed E-state index contributed by atoms with van der Waals surface area (Å²) in [5.74, 6) is 1.72. The van der Waals surface area contributed by atoms with E-state index in [1.165, 1.54) is 29.7 Å². The van der Waals surface area contributed by atoms with E-state index in [1.807, 2.05) is 13.1 Å². The third-order valence-corrected chi connectivity index (χ3v) is 6.94. The first-order chi connectivity index (χ1) is 13.8. The van der Waals surface area contributed by atoms with Crippen LogP contribution in [0, 0.1) is 12.8 Å². The molecule has 0 bridgehead atoms. The molecule has 1 aromatic carbocycles. The average molecular weight is 427 g/mol. The maximum Gasteiger partial charge on any atom is 0.188 e. The predicted molar refractivity (Wildman–Crippen MR) is 126 cm³/mol. The smallest absolute Gasteiger partial charge is 0.188 e. The highest BCUT2D eigenvalue weighted by Gasteiger charge is 2.14. The van der Waals surface area contributed by atoms with Crippen LogP contribution in [0.15, 0.2) is 57.8 Å². The molecule has 4 rings (SSSR count). The van der Waals surface area contributed by atoms with Crippen LogP contribution in [0.5, 0.6) is 0 Å². The number of anilines is 2. The second kappa shape index (κ2) is 10.8. The van der Waals surface area contributed by atoms with E-state index in [9.17, 15) is 0 Å². The van der Waals surface area contributed by atoms with Gasteiger partial charge in [-0.25, -0.2) is 9.97 Å². The summed E-state index contributed by atoms with van der Waals surface area (Å²) in [6.07, 6.45) is 6.96. The molecule has 0 aliphatic carbocycles. The van der Waals surface area contributed by atoms with Gasteiger partial charge in [0.2, 0.25) is 0 Å². The van der Waals surface area contributed by atoms with Gasteiger partial charge in [0.05, 0.1) is 10.6 Å².